The Labute approximate surface area is 168 Å². The lowest BCUT2D eigenvalue weighted by Crippen LogP contribution is -2.58. The maximum absolute atomic E-state index is 11.9. The van der Waals surface area contributed by atoms with Crippen LogP contribution in [0.15, 0.2) is 47.6 Å². The topological polar surface area (TPSA) is 45.1 Å². The largest absolute Gasteiger partial charge is 0.379 e. The second-order valence-electron chi connectivity index (χ2n) is 7.51. The van der Waals surface area contributed by atoms with Gasteiger partial charge in [0.25, 0.3) is 0 Å². The van der Waals surface area contributed by atoms with Crippen LogP contribution in [-0.2, 0) is 10.4 Å². The molecule has 0 aromatic heterocycles. The number of amidine groups is 1. The smallest absolute Gasteiger partial charge is 0.248 e. The summed E-state index contributed by atoms with van der Waals surface area (Å²) < 4.78 is 0. The zero-order chi connectivity index (χ0) is 18.6. The lowest BCUT2D eigenvalue weighted by atomic mass is 9.77. The third-order valence-corrected chi connectivity index (χ3v) is 6.71. The minimum absolute atomic E-state index is 0.515. The van der Waals surface area contributed by atoms with E-state index in [4.69, 9.17) is 28.0 Å². The molecule has 1 spiro atoms. The van der Waals surface area contributed by atoms with Gasteiger partial charge < -0.3 is 9.94 Å². The molecule has 1 saturated carbocycles. The Hall–Kier alpha value is -1.75. The first-order chi connectivity index (χ1) is 13.1. The highest BCUT2D eigenvalue weighted by Crippen LogP contribution is 2.59. The second-order valence-corrected chi connectivity index (χ2v) is 8.33. The highest BCUT2D eigenvalue weighted by molar-refractivity contribution is 6.41. The van der Waals surface area contributed by atoms with Gasteiger partial charge in [0.05, 0.1) is 21.3 Å². The Morgan fingerprint density at radius 2 is 1.63 bits per heavy atom. The summed E-state index contributed by atoms with van der Waals surface area (Å²) in [5, 5.41) is 17.4. The summed E-state index contributed by atoms with van der Waals surface area (Å²) in [6.07, 6.45) is 5.48. The average Bonchev–Trinajstić information content (AvgIpc) is 3.11. The number of hydrogen-bond acceptors (Lipinski definition) is 4. The molecule has 2 atom stereocenters. The number of aliphatic hydroxyl groups is 1. The maximum Gasteiger partial charge on any atom is 0.248 e. The normalized spacial score (nSPS) is 29.1. The van der Waals surface area contributed by atoms with E-state index < -0.39 is 11.3 Å². The van der Waals surface area contributed by atoms with Crippen molar-refractivity contribution >= 4 is 34.7 Å². The summed E-state index contributed by atoms with van der Waals surface area (Å²) in [6, 6.07) is 13.3. The minimum atomic E-state index is -1.12. The highest BCUT2D eigenvalue weighted by atomic mass is 35.5. The van der Waals surface area contributed by atoms with E-state index in [1.807, 2.05) is 35.2 Å². The molecule has 0 saturated heterocycles. The van der Waals surface area contributed by atoms with Gasteiger partial charge in [0.2, 0.25) is 5.72 Å². The first-order valence-corrected chi connectivity index (χ1v) is 10.2. The van der Waals surface area contributed by atoms with Gasteiger partial charge in [-0.25, -0.2) is 0 Å². The summed E-state index contributed by atoms with van der Waals surface area (Å²) in [4.78, 5) is 8.14. The van der Waals surface area contributed by atoms with Crippen LogP contribution in [-0.4, -0.2) is 16.7 Å². The first kappa shape index (κ1) is 17.4. The SMILES string of the molecule is OC12CCCCCCC13ON=C(c1c(Cl)cccc1Cl)N3c1ccccc12. The van der Waals surface area contributed by atoms with Crippen LogP contribution in [0.3, 0.4) is 0 Å². The molecule has 2 aliphatic heterocycles. The summed E-state index contributed by atoms with van der Waals surface area (Å²) in [5.74, 6) is 0.564. The van der Waals surface area contributed by atoms with Crippen molar-refractivity contribution in [1.82, 2.24) is 0 Å². The van der Waals surface area contributed by atoms with E-state index in [1.165, 1.54) is 0 Å². The van der Waals surface area contributed by atoms with Crippen LogP contribution < -0.4 is 4.90 Å². The molecular formula is C21H20Cl2N2O2. The molecule has 0 radical (unpaired) electrons. The van der Waals surface area contributed by atoms with Crippen LogP contribution in [0.2, 0.25) is 10.0 Å². The van der Waals surface area contributed by atoms with Crippen LogP contribution in [0, 0.1) is 0 Å². The van der Waals surface area contributed by atoms with Gasteiger partial charge in [-0.2, -0.15) is 0 Å². The van der Waals surface area contributed by atoms with E-state index in [0.717, 1.165) is 36.9 Å². The molecule has 3 aliphatic rings. The van der Waals surface area contributed by atoms with Gasteiger partial charge in [0.15, 0.2) is 11.4 Å². The van der Waals surface area contributed by atoms with Crippen molar-refractivity contribution in [3.8, 4) is 0 Å². The van der Waals surface area contributed by atoms with Crippen molar-refractivity contribution < 1.29 is 9.94 Å². The maximum atomic E-state index is 11.9. The fraction of sp³-hybridized carbons (Fsp3) is 0.381. The van der Waals surface area contributed by atoms with Crippen molar-refractivity contribution in [2.45, 2.75) is 49.9 Å². The molecule has 2 unspecified atom stereocenters. The van der Waals surface area contributed by atoms with Crippen LogP contribution in [0.4, 0.5) is 5.69 Å². The fourth-order valence-corrected chi connectivity index (χ4v) is 5.40. The highest BCUT2D eigenvalue weighted by Gasteiger charge is 2.67. The lowest BCUT2D eigenvalue weighted by molar-refractivity contribution is -0.178. The van der Waals surface area contributed by atoms with Gasteiger partial charge in [-0.05, 0) is 37.5 Å². The molecular weight excluding hydrogens is 383 g/mol. The molecule has 2 aromatic carbocycles. The molecule has 1 aliphatic carbocycles. The Morgan fingerprint density at radius 3 is 2.41 bits per heavy atom. The zero-order valence-electron chi connectivity index (χ0n) is 14.8. The molecule has 6 heteroatoms. The molecule has 0 bridgehead atoms. The van der Waals surface area contributed by atoms with Crippen molar-refractivity contribution in [2.75, 3.05) is 4.90 Å². The van der Waals surface area contributed by atoms with Crippen LogP contribution in [0.25, 0.3) is 0 Å². The Bertz CT molecular complexity index is 927. The number of rotatable bonds is 1. The number of halogens is 2. The van der Waals surface area contributed by atoms with Gasteiger partial charge in [-0.3, -0.25) is 4.90 Å². The summed E-state index contributed by atoms with van der Waals surface area (Å²) in [5.41, 5.74) is 0.369. The molecule has 4 nitrogen and oxygen atoms in total. The summed E-state index contributed by atoms with van der Waals surface area (Å²) >= 11 is 13.0. The van der Waals surface area contributed by atoms with Gasteiger partial charge >= 0.3 is 0 Å². The first-order valence-electron chi connectivity index (χ1n) is 9.41. The Kier molecular flexibility index (Phi) is 3.94. The van der Waals surface area contributed by atoms with Crippen molar-refractivity contribution in [2.24, 2.45) is 5.16 Å². The number of anilines is 1. The van der Waals surface area contributed by atoms with Gasteiger partial charge in [-0.15, -0.1) is 0 Å². The van der Waals surface area contributed by atoms with E-state index in [1.54, 1.807) is 12.1 Å². The zero-order valence-corrected chi connectivity index (χ0v) is 16.3. The van der Waals surface area contributed by atoms with E-state index in [2.05, 4.69) is 5.16 Å². The van der Waals surface area contributed by atoms with Gasteiger partial charge in [0.1, 0.15) is 0 Å². The van der Waals surface area contributed by atoms with E-state index in [0.29, 0.717) is 34.3 Å². The number of hydrogen-bond donors (Lipinski definition) is 1. The molecule has 5 rings (SSSR count). The minimum Gasteiger partial charge on any atom is -0.379 e. The third-order valence-electron chi connectivity index (χ3n) is 6.08. The van der Waals surface area contributed by atoms with Crippen LogP contribution >= 0.6 is 23.2 Å². The van der Waals surface area contributed by atoms with E-state index in [-0.39, 0.29) is 0 Å². The molecule has 1 N–H and O–H groups in total. The van der Waals surface area contributed by atoms with Crippen LogP contribution in [0.5, 0.6) is 0 Å². The van der Waals surface area contributed by atoms with E-state index in [9.17, 15) is 5.11 Å². The summed E-state index contributed by atoms with van der Waals surface area (Å²) in [6.45, 7) is 0. The van der Waals surface area contributed by atoms with Crippen molar-refractivity contribution in [1.29, 1.82) is 0 Å². The van der Waals surface area contributed by atoms with Crippen molar-refractivity contribution in [3.63, 3.8) is 0 Å². The van der Waals surface area contributed by atoms with Gasteiger partial charge in [-0.1, -0.05) is 65.5 Å². The molecule has 140 valence electrons. The monoisotopic (exact) mass is 402 g/mol. The fourth-order valence-electron chi connectivity index (χ4n) is 4.83. The molecule has 27 heavy (non-hydrogen) atoms. The second kappa shape index (κ2) is 6.13. The Balaban J connectivity index is 1.74. The quantitative estimate of drug-likeness (QED) is 0.689. The third kappa shape index (κ3) is 2.24. The van der Waals surface area contributed by atoms with Crippen molar-refractivity contribution in [3.05, 3.63) is 63.6 Å². The molecule has 0 amide bonds. The van der Waals surface area contributed by atoms with E-state index >= 15 is 0 Å². The molecule has 2 heterocycles. The number of benzene rings is 2. The Morgan fingerprint density at radius 1 is 0.926 bits per heavy atom. The number of para-hydroxylation sites is 1. The predicted octanol–water partition coefficient (Wildman–Crippen LogP) is 5.44. The number of fused-ring (bicyclic) bond motifs is 3. The number of nitrogens with zero attached hydrogens (tertiary/aromatic N) is 2. The standard InChI is InChI=1S/C21H20Cl2N2O2/c22-15-9-7-10-16(23)18(15)19-24-27-21-13-6-2-1-5-12-20(21,26)14-8-3-4-11-17(14)25(19)21/h3-4,7-11,26H,1-2,5-6,12-13H2. The number of oxime groups is 1. The molecule has 1 fully saturated rings. The van der Waals surface area contributed by atoms with Crippen LogP contribution in [0.1, 0.15) is 49.7 Å². The summed E-state index contributed by atoms with van der Waals surface area (Å²) in [7, 11) is 0. The predicted molar refractivity (Wildman–Crippen MR) is 107 cm³/mol. The van der Waals surface area contributed by atoms with Gasteiger partial charge in [0, 0.05) is 12.0 Å². The molecule has 2 aromatic rings. The average molecular weight is 403 g/mol. The lowest BCUT2D eigenvalue weighted by Gasteiger charge is -2.42.